The van der Waals surface area contributed by atoms with E-state index in [-0.39, 0.29) is 12.1 Å². The highest BCUT2D eigenvalue weighted by atomic mass is 35.5. The Kier molecular flexibility index (Phi) is 3.62. The van der Waals surface area contributed by atoms with Crippen LogP contribution in [0.4, 0.5) is 0 Å². The van der Waals surface area contributed by atoms with Crippen LogP contribution >= 0.6 is 11.6 Å². The fourth-order valence-corrected chi connectivity index (χ4v) is 2.22. The van der Waals surface area contributed by atoms with Crippen molar-refractivity contribution in [3.63, 3.8) is 0 Å². The lowest BCUT2D eigenvalue weighted by Crippen LogP contribution is -2.36. The summed E-state index contributed by atoms with van der Waals surface area (Å²) in [6.07, 6.45) is 3.28. The highest BCUT2D eigenvalue weighted by molar-refractivity contribution is 6.30. The summed E-state index contributed by atoms with van der Waals surface area (Å²) in [4.78, 5) is 0. The summed E-state index contributed by atoms with van der Waals surface area (Å²) in [5.41, 5.74) is 7.28. The first kappa shape index (κ1) is 10.9. The van der Waals surface area contributed by atoms with Crippen LogP contribution < -0.4 is 5.73 Å². The zero-order valence-electron chi connectivity index (χ0n) is 8.66. The summed E-state index contributed by atoms with van der Waals surface area (Å²) in [5.74, 6) is 0. The Morgan fingerprint density at radius 3 is 3.07 bits per heavy atom. The second-order valence-electron chi connectivity index (χ2n) is 4.05. The molecule has 1 fully saturated rings. The fourth-order valence-electron chi connectivity index (χ4n) is 2.01. The van der Waals surface area contributed by atoms with Crippen LogP contribution in [0.1, 0.15) is 18.4 Å². The van der Waals surface area contributed by atoms with Crippen molar-refractivity contribution in [3.8, 4) is 0 Å². The van der Waals surface area contributed by atoms with E-state index in [1.54, 1.807) is 0 Å². The number of rotatable bonds is 3. The predicted octanol–water partition coefficient (Wildman–Crippen LogP) is 2.39. The Morgan fingerprint density at radius 2 is 2.40 bits per heavy atom. The number of halogens is 1. The van der Waals surface area contributed by atoms with Gasteiger partial charge >= 0.3 is 0 Å². The maximum atomic E-state index is 6.09. The van der Waals surface area contributed by atoms with Crippen LogP contribution in [0.3, 0.4) is 0 Å². The average Bonchev–Trinajstić information content (AvgIpc) is 2.70. The second kappa shape index (κ2) is 4.97. The minimum Gasteiger partial charge on any atom is -0.377 e. The van der Waals surface area contributed by atoms with Crippen molar-refractivity contribution in [2.75, 3.05) is 6.61 Å². The van der Waals surface area contributed by atoms with Gasteiger partial charge in [-0.2, -0.15) is 0 Å². The molecule has 2 atom stereocenters. The Hall–Kier alpha value is -0.570. The Bertz CT molecular complexity index is 323. The van der Waals surface area contributed by atoms with E-state index in [1.807, 2.05) is 18.2 Å². The number of hydrogen-bond donors (Lipinski definition) is 1. The van der Waals surface area contributed by atoms with E-state index in [0.29, 0.717) is 0 Å². The van der Waals surface area contributed by atoms with Crippen molar-refractivity contribution in [2.45, 2.75) is 31.4 Å². The van der Waals surface area contributed by atoms with Crippen LogP contribution in [0, 0.1) is 0 Å². The minimum absolute atomic E-state index is 0.0889. The van der Waals surface area contributed by atoms with Gasteiger partial charge in [0, 0.05) is 17.7 Å². The van der Waals surface area contributed by atoms with E-state index in [9.17, 15) is 0 Å². The van der Waals surface area contributed by atoms with Crippen molar-refractivity contribution in [1.29, 1.82) is 0 Å². The van der Waals surface area contributed by atoms with Crippen LogP contribution in [0.25, 0.3) is 0 Å². The van der Waals surface area contributed by atoms with Gasteiger partial charge in [-0.3, -0.25) is 0 Å². The van der Waals surface area contributed by atoms with Gasteiger partial charge in [0.2, 0.25) is 0 Å². The molecule has 82 valence electrons. The number of ether oxygens (including phenoxy) is 1. The number of nitrogens with two attached hydrogens (primary N) is 1. The van der Waals surface area contributed by atoms with Gasteiger partial charge in [-0.25, -0.2) is 0 Å². The number of hydrogen-bond acceptors (Lipinski definition) is 2. The molecule has 0 aliphatic carbocycles. The molecule has 15 heavy (non-hydrogen) atoms. The maximum Gasteiger partial charge on any atom is 0.0730 e. The highest BCUT2D eigenvalue weighted by Gasteiger charge is 2.22. The largest absolute Gasteiger partial charge is 0.377 e. The quantitative estimate of drug-likeness (QED) is 0.858. The molecule has 0 aromatic heterocycles. The molecule has 0 amide bonds. The Balaban J connectivity index is 1.95. The van der Waals surface area contributed by atoms with Crippen LogP contribution in [0.2, 0.25) is 5.02 Å². The lowest BCUT2D eigenvalue weighted by Gasteiger charge is -2.18. The van der Waals surface area contributed by atoms with Gasteiger partial charge in [0.05, 0.1) is 6.10 Å². The average molecular weight is 226 g/mol. The lowest BCUT2D eigenvalue weighted by atomic mass is 10.0. The van der Waals surface area contributed by atoms with Gasteiger partial charge in [0.25, 0.3) is 0 Å². The molecule has 2 N–H and O–H groups in total. The van der Waals surface area contributed by atoms with E-state index in [4.69, 9.17) is 22.1 Å². The molecule has 1 heterocycles. The monoisotopic (exact) mass is 225 g/mol. The summed E-state index contributed by atoms with van der Waals surface area (Å²) < 4.78 is 5.56. The van der Waals surface area contributed by atoms with Crippen molar-refractivity contribution in [1.82, 2.24) is 0 Å². The number of benzene rings is 1. The molecule has 0 radical (unpaired) electrons. The van der Waals surface area contributed by atoms with Crippen LogP contribution in [-0.4, -0.2) is 18.8 Å². The van der Waals surface area contributed by atoms with Crippen molar-refractivity contribution in [2.24, 2.45) is 5.73 Å². The molecule has 0 bridgehead atoms. The zero-order chi connectivity index (χ0) is 10.7. The van der Waals surface area contributed by atoms with Gasteiger partial charge in [0.15, 0.2) is 0 Å². The van der Waals surface area contributed by atoms with Crippen LogP contribution in [-0.2, 0) is 11.2 Å². The molecule has 1 aliphatic rings. The molecule has 2 nitrogen and oxygen atoms in total. The van der Waals surface area contributed by atoms with Crippen LogP contribution in [0.5, 0.6) is 0 Å². The van der Waals surface area contributed by atoms with E-state index >= 15 is 0 Å². The Labute approximate surface area is 95.4 Å². The second-order valence-corrected chi connectivity index (χ2v) is 4.49. The van der Waals surface area contributed by atoms with E-state index in [2.05, 4.69) is 6.07 Å². The topological polar surface area (TPSA) is 35.2 Å². The van der Waals surface area contributed by atoms with Gasteiger partial charge in [-0.05, 0) is 37.0 Å². The highest BCUT2D eigenvalue weighted by Crippen LogP contribution is 2.18. The summed E-state index contributed by atoms with van der Waals surface area (Å²) in [6, 6.07) is 7.95. The molecule has 3 heteroatoms. The normalized spacial score (nSPS) is 22.9. The van der Waals surface area contributed by atoms with Gasteiger partial charge in [-0.15, -0.1) is 0 Å². The third kappa shape index (κ3) is 2.94. The third-order valence-electron chi connectivity index (χ3n) is 2.80. The molecule has 1 saturated heterocycles. The zero-order valence-corrected chi connectivity index (χ0v) is 9.41. The van der Waals surface area contributed by atoms with Crippen LogP contribution in [0.15, 0.2) is 24.3 Å². The van der Waals surface area contributed by atoms with Crippen molar-refractivity contribution >= 4 is 11.6 Å². The third-order valence-corrected chi connectivity index (χ3v) is 3.04. The fraction of sp³-hybridized carbons (Fsp3) is 0.500. The summed E-state index contributed by atoms with van der Waals surface area (Å²) in [7, 11) is 0. The maximum absolute atomic E-state index is 6.09. The molecule has 0 saturated carbocycles. The van der Waals surface area contributed by atoms with E-state index in [1.165, 1.54) is 5.56 Å². The molecule has 0 spiro atoms. The molecule has 1 aromatic carbocycles. The van der Waals surface area contributed by atoms with Gasteiger partial charge < -0.3 is 10.5 Å². The lowest BCUT2D eigenvalue weighted by molar-refractivity contribution is 0.0900. The van der Waals surface area contributed by atoms with Gasteiger partial charge in [-0.1, -0.05) is 23.7 Å². The van der Waals surface area contributed by atoms with Crippen molar-refractivity contribution < 1.29 is 4.74 Å². The minimum atomic E-state index is 0.0889. The molecular formula is C12H16ClNO. The first-order valence-corrected chi connectivity index (χ1v) is 5.75. The predicted molar refractivity (Wildman–Crippen MR) is 62.1 cm³/mol. The molecular weight excluding hydrogens is 210 g/mol. The Morgan fingerprint density at radius 1 is 1.53 bits per heavy atom. The molecule has 2 unspecified atom stereocenters. The standard InChI is InChI=1S/C12H16ClNO/c13-10-4-1-3-9(7-10)8-11(14)12-5-2-6-15-12/h1,3-4,7,11-12H,2,5-6,8,14H2. The van der Waals surface area contributed by atoms with E-state index < -0.39 is 0 Å². The first-order valence-electron chi connectivity index (χ1n) is 5.37. The molecule has 1 aromatic rings. The smallest absolute Gasteiger partial charge is 0.0730 e. The summed E-state index contributed by atoms with van der Waals surface area (Å²) in [5, 5.41) is 0.770. The molecule has 1 aliphatic heterocycles. The van der Waals surface area contributed by atoms with Gasteiger partial charge in [0.1, 0.15) is 0 Å². The summed E-state index contributed by atoms with van der Waals surface area (Å²) in [6.45, 7) is 0.855. The SMILES string of the molecule is NC(Cc1cccc(Cl)c1)C1CCCO1. The first-order chi connectivity index (χ1) is 7.25. The molecule has 2 rings (SSSR count). The summed E-state index contributed by atoms with van der Waals surface area (Å²) >= 11 is 5.92. The van der Waals surface area contributed by atoms with E-state index in [0.717, 1.165) is 30.9 Å². The van der Waals surface area contributed by atoms with Crippen molar-refractivity contribution in [3.05, 3.63) is 34.9 Å².